The van der Waals surface area contributed by atoms with Crippen LogP contribution in [0.5, 0.6) is 0 Å². The summed E-state index contributed by atoms with van der Waals surface area (Å²) < 4.78 is 13.6. The Morgan fingerprint density at radius 2 is 1.71 bits per heavy atom. The SMILES string of the molecule is CC(=O)NC1C(O)OC(CO)C(O)C1O.O=P([O-])(O)O.[Na+]. The van der Waals surface area contributed by atoms with Crippen LogP contribution in [0.25, 0.3) is 0 Å². The third kappa shape index (κ3) is 9.89. The van der Waals surface area contributed by atoms with Gasteiger partial charge in [0.25, 0.3) is 7.82 Å². The summed E-state index contributed by atoms with van der Waals surface area (Å²) in [5.41, 5.74) is 0. The van der Waals surface area contributed by atoms with Gasteiger partial charge in [-0.3, -0.25) is 9.36 Å². The zero-order valence-electron chi connectivity index (χ0n) is 11.4. The maximum absolute atomic E-state index is 10.7. The van der Waals surface area contributed by atoms with Crippen LogP contribution in [0, 0.1) is 0 Å². The summed E-state index contributed by atoms with van der Waals surface area (Å²) >= 11 is 0. The third-order valence-corrected chi connectivity index (χ3v) is 2.27. The molecule has 0 aromatic heterocycles. The predicted octanol–water partition coefficient (Wildman–Crippen LogP) is -7.63. The molecule has 1 aliphatic heterocycles. The van der Waals surface area contributed by atoms with E-state index in [9.17, 15) is 20.1 Å². The fourth-order valence-electron chi connectivity index (χ4n) is 1.49. The Kier molecular flexibility index (Phi) is 11.5. The number of rotatable bonds is 2. The quantitative estimate of drug-likeness (QED) is 0.187. The number of aliphatic hydroxyl groups excluding tert-OH is 4. The van der Waals surface area contributed by atoms with Crippen molar-refractivity contribution in [2.45, 2.75) is 37.6 Å². The van der Waals surface area contributed by atoms with Gasteiger partial charge in [-0.1, -0.05) is 0 Å². The first-order chi connectivity index (χ1) is 8.97. The molecule has 120 valence electrons. The number of carbonyl (C=O) groups is 1. The van der Waals surface area contributed by atoms with Gasteiger partial charge in [-0.15, -0.1) is 0 Å². The van der Waals surface area contributed by atoms with Crippen LogP contribution in [0.2, 0.25) is 0 Å². The maximum atomic E-state index is 10.7. The minimum absolute atomic E-state index is 0. The van der Waals surface area contributed by atoms with E-state index in [0.29, 0.717) is 0 Å². The van der Waals surface area contributed by atoms with Crippen molar-refractivity contribution in [1.82, 2.24) is 5.32 Å². The minimum atomic E-state index is -4.89. The van der Waals surface area contributed by atoms with Crippen molar-refractivity contribution < 1.29 is 78.8 Å². The van der Waals surface area contributed by atoms with Crippen LogP contribution in [-0.2, 0) is 14.1 Å². The number of nitrogens with one attached hydrogen (secondary N) is 1. The molecule has 5 atom stereocenters. The molecule has 0 aliphatic carbocycles. The number of hydrogen-bond acceptors (Lipinski definition) is 8. The Morgan fingerprint density at radius 1 is 1.29 bits per heavy atom. The van der Waals surface area contributed by atoms with Crippen LogP contribution in [0.4, 0.5) is 0 Å². The van der Waals surface area contributed by atoms with E-state index in [1.54, 1.807) is 0 Å². The number of ether oxygens (including phenoxy) is 1. The third-order valence-electron chi connectivity index (χ3n) is 2.27. The van der Waals surface area contributed by atoms with E-state index in [-0.39, 0.29) is 29.6 Å². The average Bonchev–Trinajstić information content (AvgIpc) is 2.27. The summed E-state index contributed by atoms with van der Waals surface area (Å²) in [5, 5.41) is 39.4. The molecule has 0 spiro atoms. The fraction of sp³-hybridized carbons (Fsp3) is 0.875. The summed E-state index contributed by atoms with van der Waals surface area (Å²) in [7, 11) is -4.89. The Morgan fingerprint density at radius 3 is 2.05 bits per heavy atom. The van der Waals surface area contributed by atoms with Gasteiger partial charge in [0, 0.05) is 6.92 Å². The molecule has 5 unspecified atom stereocenters. The van der Waals surface area contributed by atoms with Gasteiger partial charge < -0.3 is 45.2 Å². The van der Waals surface area contributed by atoms with E-state index < -0.39 is 51.0 Å². The number of amides is 1. The van der Waals surface area contributed by atoms with Crippen LogP contribution < -0.4 is 39.8 Å². The molecule has 1 heterocycles. The van der Waals surface area contributed by atoms with Crippen molar-refractivity contribution in [1.29, 1.82) is 0 Å². The maximum Gasteiger partial charge on any atom is 1.00 e. The molecule has 0 saturated carbocycles. The average molecular weight is 341 g/mol. The van der Waals surface area contributed by atoms with Crippen molar-refractivity contribution >= 4 is 13.7 Å². The molecule has 13 heteroatoms. The van der Waals surface area contributed by atoms with E-state index in [0.717, 1.165) is 0 Å². The Labute approximate surface area is 142 Å². The second-order valence-electron chi connectivity index (χ2n) is 3.95. The fourth-order valence-corrected chi connectivity index (χ4v) is 1.49. The monoisotopic (exact) mass is 341 g/mol. The van der Waals surface area contributed by atoms with Crippen molar-refractivity contribution in [3.63, 3.8) is 0 Å². The summed E-state index contributed by atoms with van der Waals surface area (Å²) in [6, 6.07) is -1.10. The Bertz CT molecular complexity index is 357. The molecule has 1 rings (SSSR count). The molecule has 1 saturated heterocycles. The summed E-state index contributed by atoms with van der Waals surface area (Å²) in [6.45, 7) is 0.687. The van der Waals surface area contributed by atoms with Crippen molar-refractivity contribution in [2.75, 3.05) is 6.61 Å². The van der Waals surface area contributed by atoms with E-state index in [4.69, 9.17) is 29.1 Å². The summed E-state index contributed by atoms with van der Waals surface area (Å²) in [5.74, 6) is -0.462. The van der Waals surface area contributed by atoms with Crippen LogP contribution in [-0.4, -0.2) is 73.4 Å². The van der Waals surface area contributed by atoms with Gasteiger partial charge in [0.2, 0.25) is 5.91 Å². The molecule has 7 N–H and O–H groups in total. The topological polar surface area (TPSA) is 200 Å². The zero-order chi connectivity index (χ0) is 16.1. The van der Waals surface area contributed by atoms with Crippen LogP contribution in [0.1, 0.15) is 6.92 Å². The van der Waals surface area contributed by atoms with Gasteiger partial charge in [-0.25, -0.2) is 0 Å². The second kappa shape index (κ2) is 10.2. The van der Waals surface area contributed by atoms with Crippen LogP contribution >= 0.6 is 7.82 Å². The number of carbonyl (C=O) groups excluding carboxylic acids is 1. The van der Waals surface area contributed by atoms with Crippen LogP contribution in [0.3, 0.4) is 0 Å². The molecule has 1 aliphatic rings. The Hall–Kier alpha value is 0.380. The van der Waals surface area contributed by atoms with E-state index in [1.807, 2.05) is 0 Å². The molecule has 0 radical (unpaired) electrons. The van der Waals surface area contributed by atoms with E-state index in [2.05, 4.69) is 5.32 Å². The van der Waals surface area contributed by atoms with Gasteiger partial charge >= 0.3 is 29.6 Å². The normalized spacial score (nSPS) is 32.3. The van der Waals surface area contributed by atoms with Crippen molar-refractivity contribution in [3.05, 3.63) is 0 Å². The predicted molar refractivity (Wildman–Crippen MR) is 59.6 cm³/mol. The number of hydrogen-bond donors (Lipinski definition) is 7. The van der Waals surface area contributed by atoms with Crippen molar-refractivity contribution in [2.24, 2.45) is 0 Å². The molecular formula is C8H17NNaO10P. The molecule has 0 aromatic carbocycles. The molecule has 0 aromatic rings. The smallest absolute Gasteiger partial charge is 0.756 e. The first-order valence-electron chi connectivity index (χ1n) is 5.31. The van der Waals surface area contributed by atoms with Gasteiger partial charge in [0.15, 0.2) is 6.29 Å². The van der Waals surface area contributed by atoms with Gasteiger partial charge in [0.1, 0.15) is 24.4 Å². The van der Waals surface area contributed by atoms with Crippen molar-refractivity contribution in [3.8, 4) is 0 Å². The van der Waals surface area contributed by atoms with Gasteiger partial charge in [-0.05, 0) is 0 Å². The van der Waals surface area contributed by atoms with E-state index in [1.165, 1.54) is 6.92 Å². The molecule has 1 fully saturated rings. The Balaban J connectivity index is 0. The zero-order valence-corrected chi connectivity index (χ0v) is 14.3. The molecule has 21 heavy (non-hydrogen) atoms. The second-order valence-corrected chi connectivity index (χ2v) is 4.93. The van der Waals surface area contributed by atoms with Gasteiger partial charge in [-0.2, -0.15) is 0 Å². The number of phosphoric acid groups is 1. The summed E-state index contributed by atoms with van der Waals surface area (Å²) in [4.78, 5) is 33.7. The first kappa shape index (κ1) is 23.6. The summed E-state index contributed by atoms with van der Waals surface area (Å²) in [6.07, 6.45) is -5.24. The minimum Gasteiger partial charge on any atom is -0.756 e. The standard InChI is InChI=1S/C8H15NO6.Na.H3O4P/c1-3(11)9-5-7(13)6(12)4(2-10)15-8(5)14;;1-5(2,3)4/h4-8,10,12-14H,2H2,1H3,(H,9,11);;(H3,1,2,3,4)/q;+1;/p-1. The van der Waals surface area contributed by atoms with Crippen LogP contribution in [0.15, 0.2) is 0 Å². The molecule has 0 bridgehead atoms. The van der Waals surface area contributed by atoms with Gasteiger partial charge in [0.05, 0.1) is 6.61 Å². The van der Waals surface area contributed by atoms with E-state index >= 15 is 0 Å². The number of aliphatic hydroxyl groups is 4. The molecular weight excluding hydrogens is 324 g/mol. The first-order valence-corrected chi connectivity index (χ1v) is 6.84. The molecule has 1 amide bonds. The largest absolute Gasteiger partial charge is 1.00 e. The molecule has 11 nitrogen and oxygen atoms in total.